The summed E-state index contributed by atoms with van der Waals surface area (Å²) in [6, 6.07) is 24.6. The monoisotopic (exact) mass is 479 g/mol. The zero-order valence-corrected chi connectivity index (χ0v) is 19.9. The quantitative estimate of drug-likeness (QED) is 0.536. The van der Waals surface area contributed by atoms with Crippen LogP contribution in [-0.4, -0.2) is 59.1 Å². The first-order chi connectivity index (χ1) is 16.4. The number of rotatable bonds is 8. The van der Waals surface area contributed by atoms with Crippen molar-refractivity contribution in [3.8, 4) is 0 Å². The van der Waals surface area contributed by atoms with E-state index in [1.165, 1.54) is 23.5 Å². The molecule has 34 heavy (non-hydrogen) atoms. The van der Waals surface area contributed by atoms with Crippen LogP contribution in [0.15, 0.2) is 89.8 Å². The molecule has 0 aromatic heterocycles. The van der Waals surface area contributed by atoms with Crippen molar-refractivity contribution in [3.05, 3.63) is 96.1 Å². The first-order valence-electron chi connectivity index (χ1n) is 11.2. The first-order valence-corrected chi connectivity index (χ1v) is 12.7. The number of nitrogens with one attached hydrogen (secondary N) is 1. The molecule has 1 fully saturated rings. The minimum absolute atomic E-state index is 0.0657. The maximum atomic E-state index is 13.2. The molecule has 8 heteroatoms. The number of sulfonamides is 1. The molecule has 1 amide bonds. The molecule has 1 aliphatic heterocycles. The summed E-state index contributed by atoms with van der Waals surface area (Å²) in [4.78, 5) is 15.6. The predicted molar refractivity (Wildman–Crippen MR) is 132 cm³/mol. The van der Waals surface area contributed by atoms with Gasteiger partial charge in [-0.15, -0.1) is 0 Å². The van der Waals surface area contributed by atoms with Gasteiger partial charge in [0.05, 0.1) is 29.8 Å². The molecule has 1 heterocycles. The Kier molecular flexibility index (Phi) is 7.62. The Hall–Kier alpha value is -3.20. The number of nitrogens with zero attached hydrogens (tertiary/aromatic N) is 2. The fourth-order valence-electron chi connectivity index (χ4n) is 3.94. The fraction of sp³-hybridized carbons (Fsp3) is 0.269. The minimum Gasteiger partial charge on any atom is -0.379 e. The molecule has 4 rings (SSSR count). The number of ether oxygens (including phenoxy) is 1. The van der Waals surface area contributed by atoms with Gasteiger partial charge in [0, 0.05) is 32.2 Å². The van der Waals surface area contributed by atoms with E-state index in [4.69, 9.17) is 4.74 Å². The third kappa shape index (κ3) is 5.64. The molecule has 1 saturated heterocycles. The first kappa shape index (κ1) is 23.9. The number of carbonyl (C=O) groups is 1. The second kappa shape index (κ2) is 10.8. The van der Waals surface area contributed by atoms with E-state index >= 15 is 0 Å². The number of para-hydroxylation sites is 1. The summed E-state index contributed by atoms with van der Waals surface area (Å²) in [6.07, 6.45) is 0. The highest BCUT2D eigenvalue weighted by molar-refractivity contribution is 7.92. The van der Waals surface area contributed by atoms with E-state index in [9.17, 15) is 13.2 Å². The van der Waals surface area contributed by atoms with Crippen LogP contribution in [0.25, 0.3) is 0 Å². The second-order valence-corrected chi connectivity index (χ2v) is 10.2. The van der Waals surface area contributed by atoms with Crippen molar-refractivity contribution < 1.29 is 17.9 Å². The molecule has 0 unspecified atom stereocenters. The van der Waals surface area contributed by atoms with Gasteiger partial charge in [0.15, 0.2) is 0 Å². The topological polar surface area (TPSA) is 79.0 Å². The summed E-state index contributed by atoms with van der Waals surface area (Å²) in [5, 5.41) is 3.11. The molecular weight excluding hydrogens is 450 g/mol. The Balaban J connectivity index is 1.55. The minimum atomic E-state index is -3.82. The molecule has 0 radical (unpaired) electrons. The summed E-state index contributed by atoms with van der Waals surface area (Å²) < 4.78 is 33.0. The lowest BCUT2D eigenvalue weighted by atomic mass is 10.1. The summed E-state index contributed by atoms with van der Waals surface area (Å²) >= 11 is 0. The average Bonchev–Trinajstić information content (AvgIpc) is 2.89. The molecule has 1 aliphatic rings. The molecular formula is C26H29N3O4S. The van der Waals surface area contributed by atoms with Crippen molar-refractivity contribution in [2.45, 2.75) is 10.9 Å². The van der Waals surface area contributed by atoms with Gasteiger partial charge in [-0.1, -0.05) is 54.6 Å². The zero-order chi connectivity index (χ0) is 24.0. The van der Waals surface area contributed by atoms with Crippen LogP contribution in [0.4, 0.5) is 5.69 Å². The highest BCUT2D eigenvalue weighted by atomic mass is 32.2. The number of hydrogen-bond donors (Lipinski definition) is 1. The Labute approximate surface area is 201 Å². The second-order valence-electron chi connectivity index (χ2n) is 8.19. The van der Waals surface area contributed by atoms with E-state index in [0.29, 0.717) is 31.0 Å². The van der Waals surface area contributed by atoms with Crippen molar-refractivity contribution in [1.29, 1.82) is 0 Å². The number of anilines is 1. The fourth-order valence-corrected chi connectivity index (χ4v) is 5.18. The van der Waals surface area contributed by atoms with Gasteiger partial charge in [-0.2, -0.15) is 0 Å². The number of morpholine rings is 1. The van der Waals surface area contributed by atoms with Gasteiger partial charge in [-0.25, -0.2) is 8.42 Å². The molecule has 0 aliphatic carbocycles. The molecule has 3 aromatic carbocycles. The summed E-state index contributed by atoms with van der Waals surface area (Å²) in [5.41, 5.74) is 1.84. The SMILES string of the molecule is CN(c1ccccc1)S(=O)(=O)c1cccc(C(=O)N[C@@H](CN2CCOCC2)c2ccccc2)c1. The van der Waals surface area contributed by atoms with Crippen LogP contribution in [-0.2, 0) is 14.8 Å². The van der Waals surface area contributed by atoms with Gasteiger partial charge in [0.2, 0.25) is 0 Å². The van der Waals surface area contributed by atoms with Gasteiger partial charge < -0.3 is 10.1 Å². The predicted octanol–water partition coefficient (Wildman–Crippen LogP) is 3.32. The molecule has 0 saturated carbocycles. The third-order valence-electron chi connectivity index (χ3n) is 5.93. The Morgan fingerprint density at radius 2 is 1.62 bits per heavy atom. The van der Waals surface area contributed by atoms with Gasteiger partial charge >= 0.3 is 0 Å². The lowest BCUT2D eigenvalue weighted by Crippen LogP contribution is -2.43. The van der Waals surface area contributed by atoms with Crippen molar-refractivity contribution >= 4 is 21.6 Å². The van der Waals surface area contributed by atoms with Crippen LogP contribution < -0.4 is 9.62 Å². The third-order valence-corrected chi connectivity index (χ3v) is 7.71. The number of amides is 1. The van der Waals surface area contributed by atoms with Crippen LogP contribution in [0.3, 0.4) is 0 Å². The van der Waals surface area contributed by atoms with Crippen molar-refractivity contribution in [3.63, 3.8) is 0 Å². The Morgan fingerprint density at radius 1 is 0.971 bits per heavy atom. The lowest BCUT2D eigenvalue weighted by Gasteiger charge is -2.31. The highest BCUT2D eigenvalue weighted by Crippen LogP contribution is 2.23. The number of carbonyl (C=O) groups excluding carboxylic acids is 1. The van der Waals surface area contributed by atoms with E-state index in [2.05, 4.69) is 10.2 Å². The van der Waals surface area contributed by atoms with E-state index in [-0.39, 0.29) is 16.8 Å². The number of hydrogen-bond acceptors (Lipinski definition) is 5. The molecule has 1 N–H and O–H groups in total. The average molecular weight is 480 g/mol. The van der Waals surface area contributed by atoms with Crippen LogP contribution in [0, 0.1) is 0 Å². The Morgan fingerprint density at radius 3 is 2.29 bits per heavy atom. The van der Waals surface area contributed by atoms with E-state index in [1.807, 2.05) is 36.4 Å². The van der Waals surface area contributed by atoms with Crippen LogP contribution in [0.1, 0.15) is 22.0 Å². The van der Waals surface area contributed by atoms with Crippen molar-refractivity contribution in [1.82, 2.24) is 10.2 Å². The smallest absolute Gasteiger partial charge is 0.264 e. The summed E-state index contributed by atoms with van der Waals surface area (Å²) in [6.45, 7) is 3.60. The summed E-state index contributed by atoms with van der Waals surface area (Å²) in [5.74, 6) is -0.318. The van der Waals surface area contributed by atoms with Crippen LogP contribution in [0.2, 0.25) is 0 Å². The molecule has 3 aromatic rings. The maximum absolute atomic E-state index is 13.2. The highest BCUT2D eigenvalue weighted by Gasteiger charge is 2.24. The van der Waals surface area contributed by atoms with E-state index in [1.54, 1.807) is 36.4 Å². The largest absolute Gasteiger partial charge is 0.379 e. The standard InChI is InChI=1S/C26H29N3O4S/c1-28(23-12-6-3-7-13-23)34(31,32)24-14-8-11-22(19-24)26(30)27-25(21-9-4-2-5-10-21)20-29-15-17-33-18-16-29/h2-14,19,25H,15-18,20H2,1H3,(H,27,30)/t25-/m0/s1. The van der Waals surface area contributed by atoms with Crippen molar-refractivity contribution in [2.24, 2.45) is 0 Å². The molecule has 0 spiro atoms. The lowest BCUT2D eigenvalue weighted by molar-refractivity contribution is 0.0332. The van der Waals surface area contributed by atoms with Gasteiger partial charge in [-0.3, -0.25) is 14.0 Å². The van der Waals surface area contributed by atoms with Crippen LogP contribution >= 0.6 is 0 Å². The Bertz CT molecular complexity index is 1200. The zero-order valence-electron chi connectivity index (χ0n) is 19.1. The molecule has 0 bridgehead atoms. The van der Waals surface area contributed by atoms with E-state index < -0.39 is 10.0 Å². The van der Waals surface area contributed by atoms with Crippen LogP contribution in [0.5, 0.6) is 0 Å². The summed E-state index contributed by atoms with van der Waals surface area (Å²) in [7, 11) is -2.32. The normalized spacial score (nSPS) is 15.4. The molecule has 178 valence electrons. The molecule has 1 atom stereocenters. The van der Waals surface area contributed by atoms with Crippen molar-refractivity contribution in [2.75, 3.05) is 44.2 Å². The van der Waals surface area contributed by atoms with Gasteiger partial charge in [-0.05, 0) is 35.9 Å². The van der Waals surface area contributed by atoms with Gasteiger partial charge in [0.25, 0.3) is 15.9 Å². The van der Waals surface area contributed by atoms with Gasteiger partial charge in [0.1, 0.15) is 0 Å². The number of benzene rings is 3. The van der Waals surface area contributed by atoms with E-state index in [0.717, 1.165) is 18.7 Å². The maximum Gasteiger partial charge on any atom is 0.264 e. The molecule has 7 nitrogen and oxygen atoms in total.